The number of methoxy groups -OCH3 is 1. The normalized spacial score (nSPS) is 9.17. The Labute approximate surface area is 106 Å². The molecule has 2 aromatic carbocycles. The smallest absolute Gasteiger partial charge is 0.151 e. The van der Waals surface area contributed by atoms with Crippen molar-refractivity contribution < 1.29 is 9.53 Å². The molecule has 0 saturated heterocycles. The summed E-state index contributed by atoms with van der Waals surface area (Å²) in [5.74, 6) is 6.67. The Kier molecular flexibility index (Phi) is 3.78. The van der Waals surface area contributed by atoms with E-state index in [2.05, 4.69) is 11.8 Å². The molecule has 2 nitrogen and oxygen atoms in total. The van der Waals surface area contributed by atoms with Gasteiger partial charge in [0.15, 0.2) is 6.29 Å². The molecule has 0 bridgehead atoms. The Morgan fingerprint density at radius 1 is 1.06 bits per heavy atom. The van der Waals surface area contributed by atoms with Gasteiger partial charge in [0.2, 0.25) is 0 Å². The first-order chi connectivity index (χ1) is 8.83. The van der Waals surface area contributed by atoms with Gasteiger partial charge >= 0.3 is 0 Å². The molecule has 0 aliphatic carbocycles. The maximum absolute atomic E-state index is 11.0. The van der Waals surface area contributed by atoms with Crippen molar-refractivity contribution in [2.75, 3.05) is 7.11 Å². The van der Waals surface area contributed by atoms with Crippen molar-refractivity contribution in [2.24, 2.45) is 0 Å². The lowest BCUT2D eigenvalue weighted by atomic mass is 10.1. The summed E-state index contributed by atoms with van der Waals surface area (Å²) in [6, 6.07) is 14.9. The molecule has 0 amide bonds. The molecule has 0 atom stereocenters. The number of hydrogen-bond acceptors (Lipinski definition) is 2. The van der Waals surface area contributed by atoms with Crippen LogP contribution in [-0.4, -0.2) is 13.4 Å². The molecule has 2 heteroatoms. The van der Waals surface area contributed by atoms with E-state index in [1.54, 1.807) is 25.3 Å². The fourth-order valence-electron chi connectivity index (χ4n) is 1.54. The number of rotatable bonds is 2. The van der Waals surface area contributed by atoms with Crippen LogP contribution in [0.15, 0.2) is 48.5 Å². The molecule has 0 aliphatic heterocycles. The highest BCUT2D eigenvalue weighted by Gasteiger charge is 2.00. The van der Waals surface area contributed by atoms with Crippen LogP contribution in [0.25, 0.3) is 0 Å². The second-order valence-corrected chi connectivity index (χ2v) is 3.69. The van der Waals surface area contributed by atoms with Gasteiger partial charge in [-0.1, -0.05) is 30.0 Å². The number of carbonyl (C=O) groups excluding carboxylic acids is 1. The second kappa shape index (κ2) is 5.70. The van der Waals surface area contributed by atoms with Crippen molar-refractivity contribution in [3.63, 3.8) is 0 Å². The van der Waals surface area contributed by atoms with Gasteiger partial charge in [-0.15, -0.1) is 0 Å². The Morgan fingerprint density at radius 2 is 1.83 bits per heavy atom. The first-order valence-electron chi connectivity index (χ1n) is 5.54. The topological polar surface area (TPSA) is 26.3 Å². The number of ether oxygens (including phenoxy) is 1. The Morgan fingerprint density at radius 3 is 2.50 bits per heavy atom. The summed E-state index contributed by atoms with van der Waals surface area (Å²) in [5, 5.41) is 0. The van der Waals surface area contributed by atoms with Gasteiger partial charge in [-0.05, 0) is 30.3 Å². The average molecular weight is 236 g/mol. The van der Waals surface area contributed by atoms with Crippen LogP contribution < -0.4 is 4.74 Å². The van der Waals surface area contributed by atoms with E-state index in [1.807, 2.05) is 30.3 Å². The fourth-order valence-corrected chi connectivity index (χ4v) is 1.54. The van der Waals surface area contributed by atoms with Gasteiger partial charge in [-0.25, -0.2) is 0 Å². The van der Waals surface area contributed by atoms with Crippen molar-refractivity contribution in [1.29, 1.82) is 0 Å². The first kappa shape index (κ1) is 11.9. The van der Waals surface area contributed by atoms with Crippen LogP contribution in [0.5, 0.6) is 5.75 Å². The number of aldehydes is 1. The van der Waals surface area contributed by atoms with Crippen LogP contribution >= 0.6 is 0 Å². The van der Waals surface area contributed by atoms with Crippen LogP contribution in [0.1, 0.15) is 21.5 Å². The third-order valence-electron chi connectivity index (χ3n) is 2.50. The Hall–Kier alpha value is -2.53. The van der Waals surface area contributed by atoms with E-state index in [9.17, 15) is 4.79 Å². The molecule has 0 heterocycles. The van der Waals surface area contributed by atoms with Crippen LogP contribution in [0.3, 0.4) is 0 Å². The molecular formula is C16H12O2. The van der Waals surface area contributed by atoms with Gasteiger partial charge in [0.1, 0.15) is 5.75 Å². The van der Waals surface area contributed by atoms with E-state index in [0.717, 1.165) is 11.8 Å². The van der Waals surface area contributed by atoms with E-state index >= 15 is 0 Å². The fraction of sp³-hybridized carbons (Fsp3) is 0.0625. The number of benzene rings is 2. The second-order valence-electron chi connectivity index (χ2n) is 3.69. The maximum Gasteiger partial charge on any atom is 0.151 e. The summed E-state index contributed by atoms with van der Waals surface area (Å²) in [5.41, 5.74) is 2.16. The summed E-state index contributed by atoms with van der Waals surface area (Å²) >= 11 is 0. The van der Waals surface area contributed by atoms with Crippen molar-refractivity contribution in [2.45, 2.75) is 0 Å². The zero-order chi connectivity index (χ0) is 12.8. The van der Waals surface area contributed by atoms with E-state index in [1.165, 1.54) is 0 Å². The Bertz CT molecular complexity index is 604. The lowest BCUT2D eigenvalue weighted by Crippen LogP contribution is -1.90. The van der Waals surface area contributed by atoms with Gasteiger partial charge in [0, 0.05) is 16.7 Å². The molecule has 2 rings (SSSR count). The minimum absolute atomic E-state index is 0.540. The zero-order valence-corrected chi connectivity index (χ0v) is 10.0. The van der Waals surface area contributed by atoms with Crippen molar-refractivity contribution in [3.8, 4) is 17.6 Å². The number of carbonyl (C=O) groups is 1. The molecule has 0 unspecified atom stereocenters. The molecule has 2 aromatic rings. The average Bonchev–Trinajstić information content (AvgIpc) is 2.46. The highest BCUT2D eigenvalue weighted by Crippen LogP contribution is 2.15. The Balaban J connectivity index is 2.35. The minimum atomic E-state index is 0.540. The van der Waals surface area contributed by atoms with Crippen LogP contribution in [-0.2, 0) is 0 Å². The van der Waals surface area contributed by atoms with E-state index in [0.29, 0.717) is 16.9 Å². The third kappa shape index (κ3) is 2.78. The van der Waals surface area contributed by atoms with Gasteiger partial charge in [-0.3, -0.25) is 4.79 Å². The monoisotopic (exact) mass is 236 g/mol. The van der Waals surface area contributed by atoms with Crippen molar-refractivity contribution in [1.82, 2.24) is 0 Å². The van der Waals surface area contributed by atoms with E-state index in [-0.39, 0.29) is 0 Å². The third-order valence-corrected chi connectivity index (χ3v) is 2.50. The molecular weight excluding hydrogens is 224 g/mol. The predicted octanol–water partition coefficient (Wildman–Crippen LogP) is 2.91. The minimum Gasteiger partial charge on any atom is -0.497 e. The van der Waals surface area contributed by atoms with Crippen molar-refractivity contribution >= 4 is 6.29 Å². The maximum atomic E-state index is 11.0. The molecule has 0 spiro atoms. The quantitative estimate of drug-likeness (QED) is 0.592. The zero-order valence-electron chi connectivity index (χ0n) is 10.0. The molecule has 0 radical (unpaired) electrons. The van der Waals surface area contributed by atoms with Gasteiger partial charge in [0.25, 0.3) is 0 Å². The number of hydrogen-bond donors (Lipinski definition) is 0. The predicted molar refractivity (Wildman–Crippen MR) is 70.8 cm³/mol. The van der Waals surface area contributed by atoms with Gasteiger partial charge in [0.05, 0.1) is 7.11 Å². The lowest BCUT2D eigenvalue weighted by molar-refractivity contribution is 0.112. The summed E-state index contributed by atoms with van der Waals surface area (Å²) in [6.07, 6.45) is 0.789. The highest BCUT2D eigenvalue weighted by atomic mass is 16.5. The van der Waals surface area contributed by atoms with E-state index in [4.69, 9.17) is 4.74 Å². The van der Waals surface area contributed by atoms with Crippen LogP contribution in [0.2, 0.25) is 0 Å². The highest BCUT2D eigenvalue weighted by molar-refractivity contribution is 5.80. The summed E-state index contributed by atoms with van der Waals surface area (Å²) in [7, 11) is 1.57. The van der Waals surface area contributed by atoms with Crippen molar-refractivity contribution in [3.05, 3.63) is 65.2 Å². The summed E-state index contributed by atoms with van der Waals surface area (Å²) < 4.78 is 5.07. The first-order valence-corrected chi connectivity index (χ1v) is 5.54. The molecule has 88 valence electrons. The van der Waals surface area contributed by atoms with Gasteiger partial charge in [-0.2, -0.15) is 0 Å². The molecule has 18 heavy (non-hydrogen) atoms. The van der Waals surface area contributed by atoms with Crippen LogP contribution in [0, 0.1) is 11.8 Å². The molecule has 0 saturated carbocycles. The molecule has 0 aromatic heterocycles. The standard InChI is InChI=1S/C16H12O2/c1-18-16-10-9-14(15(11-16)12-17)8-7-13-5-3-2-4-6-13/h2-6,9-12H,1H3. The molecule has 0 N–H and O–H groups in total. The van der Waals surface area contributed by atoms with E-state index < -0.39 is 0 Å². The largest absolute Gasteiger partial charge is 0.497 e. The lowest BCUT2D eigenvalue weighted by Gasteiger charge is -2.01. The molecule has 0 fully saturated rings. The SMILES string of the molecule is COc1ccc(C#Cc2ccccc2)c(C=O)c1. The van der Waals surface area contributed by atoms with Crippen LogP contribution in [0.4, 0.5) is 0 Å². The molecule has 0 aliphatic rings. The summed E-state index contributed by atoms with van der Waals surface area (Å²) in [6.45, 7) is 0. The summed E-state index contributed by atoms with van der Waals surface area (Å²) in [4.78, 5) is 11.0. The van der Waals surface area contributed by atoms with Gasteiger partial charge < -0.3 is 4.74 Å².